The molecule has 1 amide bonds. The third kappa shape index (κ3) is 4.88. The van der Waals surface area contributed by atoms with Crippen LogP contribution in [0, 0.1) is 0 Å². The van der Waals surface area contributed by atoms with Crippen LogP contribution in [0.15, 0.2) is 58.1 Å². The summed E-state index contributed by atoms with van der Waals surface area (Å²) < 4.78 is 6.20. The Morgan fingerprint density at radius 1 is 1.24 bits per heavy atom. The van der Waals surface area contributed by atoms with Gasteiger partial charge in [0.05, 0.1) is 11.2 Å². The second-order valence-corrected chi connectivity index (χ2v) is 5.30. The molecule has 0 fully saturated rings. The molecule has 0 spiro atoms. The lowest BCUT2D eigenvalue weighted by molar-refractivity contribution is -0.123. The first kappa shape index (κ1) is 15.5. The van der Waals surface area contributed by atoms with E-state index in [2.05, 4.69) is 26.5 Å². The highest BCUT2D eigenvalue weighted by Gasteiger charge is 2.04. The Bertz CT molecular complexity index is 662. The number of nitrogens with one attached hydrogen (secondary N) is 1. The van der Waals surface area contributed by atoms with E-state index in [-0.39, 0.29) is 12.5 Å². The lowest BCUT2D eigenvalue weighted by Crippen LogP contribution is -2.24. The Hall–Kier alpha value is -1.85. The number of rotatable bonds is 5. The van der Waals surface area contributed by atoms with Crippen LogP contribution in [0.3, 0.4) is 0 Å². The average Bonchev–Trinajstić information content (AvgIpc) is 2.48. The molecule has 0 unspecified atom stereocenters. The molecule has 0 saturated heterocycles. The van der Waals surface area contributed by atoms with Crippen LogP contribution in [-0.2, 0) is 4.79 Å². The van der Waals surface area contributed by atoms with Crippen molar-refractivity contribution in [1.29, 1.82) is 0 Å². The lowest BCUT2D eigenvalue weighted by atomic mass is 10.2. The molecule has 108 valence electrons. The summed E-state index contributed by atoms with van der Waals surface area (Å²) in [5, 5.41) is 4.33. The molecule has 0 heterocycles. The van der Waals surface area contributed by atoms with Crippen LogP contribution in [-0.4, -0.2) is 18.7 Å². The van der Waals surface area contributed by atoms with Crippen LogP contribution < -0.4 is 10.2 Å². The van der Waals surface area contributed by atoms with Gasteiger partial charge in [-0.3, -0.25) is 4.79 Å². The molecular formula is C15H12BrClN2O2. The molecule has 0 bridgehead atoms. The van der Waals surface area contributed by atoms with Gasteiger partial charge in [-0.05, 0) is 18.2 Å². The van der Waals surface area contributed by atoms with E-state index < -0.39 is 0 Å². The molecule has 1 N–H and O–H groups in total. The molecule has 0 aliphatic carbocycles. The van der Waals surface area contributed by atoms with Gasteiger partial charge in [-0.25, -0.2) is 5.43 Å². The molecule has 0 radical (unpaired) electrons. The molecule has 21 heavy (non-hydrogen) atoms. The fraction of sp³-hybridized carbons (Fsp3) is 0.0667. The Morgan fingerprint density at radius 3 is 2.71 bits per heavy atom. The summed E-state index contributed by atoms with van der Waals surface area (Å²) in [4.78, 5) is 11.6. The number of benzene rings is 2. The number of nitrogens with zero attached hydrogens (tertiary/aromatic N) is 1. The van der Waals surface area contributed by atoms with Crippen molar-refractivity contribution in [3.63, 3.8) is 0 Å². The van der Waals surface area contributed by atoms with Crippen molar-refractivity contribution in [2.75, 3.05) is 6.61 Å². The Morgan fingerprint density at radius 2 is 1.95 bits per heavy atom. The van der Waals surface area contributed by atoms with E-state index in [0.717, 1.165) is 10.0 Å². The quantitative estimate of drug-likeness (QED) is 0.648. The first-order chi connectivity index (χ1) is 10.2. The number of para-hydroxylation sites is 1. The number of hydrazone groups is 1. The van der Waals surface area contributed by atoms with E-state index >= 15 is 0 Å². The number of amides is 1. The average molecular weight is 368 g/mol. The summed E-state index contributed by atoms with van der Waals surface area (Å²) in [6.45, 7) is -0.156. The van der Waals surface area contributed by atoms with Gasteiger partial charge in [0, 0.05) is 10.0 Å². The van der Waals surface area contributed by atoms with Gasteiger partial charge in [-0.2, -0.15) is 5.10 Å². The van der Waals surface area contributed by atoms with Crippen LogP contribution in [0.5, 0.6) is 5.75 Å². The SMILES string of the molecule is O=C(COc1ccccc1Cl)N/N=C\c1ccccc1Br. The summed E-state index contributed by atoms with van der Waals surface area (Å²) in [5.74, 6) is 0.0994. The predicted molar refractivity (Wildman–Crippen MR) is 86.8 cm³/mol. The van der Waals surface area contributed by atoms with E-state index in [1.54, 1.807) is 30.5 Å². The van der Waals surface area contributed by atoms with Gasteiger partial charge in [-0.15, -0.1) is 0 Å². The summed E-state index contributed by atoms with van der Waals surface area (Å²) in [7, 11) is 0. The summed E-state index contributed by atoms with van der Waals surface area (Å²) in [5.41, 5.74) is 3.26. The number of hydrogen-bond donors (Lipinski definition) is 1. The third-order valence-corrected chi connectivity index (χ3v) is 3.53. The van der Waals surface area contributed by atoms with Crippen molar-refractivity contribution in [2.45, 2.75) is 0 Å². The minimum absolute atomic E-state index is 0.156. The normalized spacial score (nSPS) is 10.6. The maximum atomic E-state index is 11.6. The van der Waals surface area contributed by atoms with E-state index in [1.165, 1.54) is 0 Å². The largest absolute Gasteiger partial charge is 0.482 e. The zero-order valence-corrected chi connectivity index (χ0v) is 13.3. The van der Waals surface area contributed by atoms with Crippen molar-refractivity contribution in [3.05, 3.63) is 63.6 Å². The standard InChI is InChI=1S/C15H12BrClN2O2/c16-12-6-2-1-5-11(12)9-18-19-15(20)10-21-14-8-4-3-7-13(14)17/h1-9H,10H2,(H,19,20)/b18-9-. The first-order valence-corrected chi connectivity index (χ1v) is 7.27. The zero-order valence-electron chi connectivity index (χ0n) is 10.9. The lowest BCUT2D eigenvalue weighted by Gasteiger charge is -2.06. The highest BCUT2D eigenvalue weighted by atomic mass is 79.9. The molecule has 2 rings (SSSR count). The van der Waals surface area contributed by atoms with Crippen LogP contribution in [0.25, 0.3) is 0 Å². The molecule has 0 aliphatic rings. The summed E-state index contributed by atoms with van der Waals surface area (Å²) in [6.07, 6.45) is 1.55. The van der Waals surface area contributed by atoms with Crippen molar-refractivity contribution in [1.82, 2.24) is 5.43 Å². The van der Waals surface area contributed by atoms with Crippen molar-refractivity contribution < 1.29 is 9.53 Å². The second kappa shape index (κ2) is 7.81. The summed E-state index contributed by atoms with van der Waals surface area (Å²) in [6, 6.07) is 14.5. The Balaban J connectivity index is 1.83. The molecule has 2 aromatic carbocycles. The van der Waals surface area contributed by atoms with E-state index in [1.807, 2.05) is 24.3 Å². The monoisotopic (exact) mass is 366 g/mol. The van der Waals surface area contributed by atoms with Gasteiger partial charge in [0.2, 0.25) is 0 Å². The van der Waals surface area contributed by atoms with Gasteiger partial charge >= 0.3 is 0 Å². The maximum Gasteiger partial charge on any atom is 0.277 e. The van der Waals surface area contributed by atoms with Crippen molar-refractivity contribution in [3.8, 4) is 5.75 Å². The van der Waals surface area contributed by atoms with Crippen LogP contribution in [0.1, 0.15) is 5.56 Å². The number of carbonyl (C=O) groups excluding carboxylic acids is 1. The predicted octanol–water partition coefficient (Wildman–Crippen LogP) is 3.63. The number of halogens is 2. The fourth-order valence-electron chi connectivity index (χ4n) is 1.49. The van der Waals surface area contributed by atoms with Crippen molar-refractivity contribution in [2.24, 2.45) is 5.10 Å². The van der Waals surface area contributed by atoms with Gasteiger partial charge in [-0.1, -0.05) is 57.9 Å². The van der Waals surface area contributed by atoms with Crippen LogP contribution >= 0.6 is 27.5 Å². The number of hydrogen-bond acceptors (Lipinski definition) is 3. The first-order valence-electron chi connectivity index (χ1n) is 6.10. The Kier molecular flexibility index (Phi) is 5.78. The van der Waals surface area contributed by atoms with Crippen molar-refractivity contribution >= 4 is 39.7 Å². The zero-order chi connectivity index (χ0) is 15.1. The Labute approximate surface area is 135 Å². The van der Waals surface area contributed by atoms with Gasteiger partial charge in [0.25, 0.3) is 5.91 Å². The van der Waals surface area contributed by atoms with Crippen LogP contribution in [0.4, 0.5) is 0 Å². The molecule has 6 heteroatoms. The van der Waals surface area contributed by atoms with Gasteiger partial charge < -0.3 is 4.74 Å². The molecule has 0 aliphatic heterocycles. The second-order valence-electron chi connectivity index (χ2n) is 4.03. The highest BCUT2D eigenvalue weighted by Crippen LogP contribution is 2.22. The highest BCUT2D eigenvalue weighted by molar-refractivity contribution is 9.10. The van der Waals surface area contributed by atoms with Crippen LogP contribution in [0.2, 0.25) is 5.02 Å². The minimum Gasteiger partial charge on any atom is -0.482 e. The van der Waals surface area contributed by atoms with Gasteiger partial charge in [0.1, 0.15) is 5.75 Å². The molecule has 0 atom stereocenters. The maximum absolute atomic E-state index is 11.6. The molecule has 0 saturated carbocycles. The smallest absolute Gasteiger partial charge is 0.277 e. The molecule has 2 aromatic rings. The van der Waals surface area contributed by atoms with E-state index in [0.29, 0.717) is 10.8 Å². The van der Waals surface area contributed by atoms with E-state index in [4.69, 9.17) is 16.3 Å². The molecule has 0 aromatic heterocycles. The number of ether oxygens (including phenoxy) is 1. The third-order valence-electron chi connectivity index (χ3n) is 2.49. The van der Waals surface area contributed by atoms with Gasteiger partial charge in [0.15, 0.2) is 6.61 Å². The summed E-state index contributed by atoms with van der Waals surface area (Å²) >= 11 is 9.31. The minimum atomic E-state index is -0.363. The molecular weight excluding hydrogens is 356 g/mol. The topological polar surface area (TPSA) is 50.7 Å². The van der Waals surface area contributed by atoms with E-state index in [9.17, 15) is 4.79 Å². The fourth-order valence-corrected chi connectivity index (χ4v) is 2.07. The molecule has 4 nitrogen and oxygen atoms in total. The number of carbonyl (C=O) groups is 1.